The van der Waals surface area contributed by atoms with Crippen LogP contribution in [0.2, 0.25) is 0 Å². The summed E-state index contributed by atoms with van der Waals surface area (Å²) in [5.74, 6) is 0.667. The molecule has 0 aliphatic heterocycles. The first-order valence-corrected chi connectivity index (χ1v) is 7.71. The van der Waals surface area contributed by atoms with E-state index in [0.717, 1.165) is 6.26 Å². The largest absolute Gasteiger partial charge is 0.497 e. The summed E-state index contributed by atoms with van der Waals surface area (Å²) >= 11 is 1.73. The van der Waals surface area contributed by atoms with Crippen LogP contribution in [-0.2, 0) is 9.84 Å². The Morgan fingerprint density at radius 3 is 2.19 bits per heavy atom. The van der Waals surface area contributed by atoms with Crippen LogP contribution in [0.15, 0.2) is 24.3 Å². The zero-order chi connectivity index (χ0) is 12.3. The van der Waals surface area contributed by atoms with E-state index in [1.165, 1.54) is 0 Å². The van der Waals surface area contributed by atoms with Crippen molar-refractivity contribution in [2.24, 2.45) is 0 Å². The summed E-state index contributed by atoms with van der Waals surface area (Å²) < 4.78 is 26.7. The maximum atomic E-state index is 11.3. The van der Waals surface area contributed by atoms with Crippen LogP contribution >= 0.6 is 22.6 Å². The maximum Gasteiger partial charge on any atom is 0.162 e. The third kappa shape index (κ3) is 3.33. The van der Waals surface area contributed by atoms with Gasteiger partial charge in [-0.05, 0) is 17.7 Å². The van der Waals surface area contributed by atoms with Crippen molar-refractivity contribution in [2.45, 2.75) is 9.36 Å². The van der Waals surface area contributed by atoms with Crippen LogP contribution in [0, 0.1) is 0 Å². The van der Waals surface area contributed by atoms with Gasteiger partial charge in [0.25, 0.3) is 0 Å². The van der Waals surface area contributed by atoms with Crippen molar-refractivity contribution in [3.63, 3.8) is 0 Å². The van der Waals surface area contributed by atoms with Crippen LogP contribution in [0.5, 0.6) is 5.75 Å². The SMILES string of the molecule is COc1ccc(C(O)C(I)S(C)(=O)=O)cc1. The predicted molar refractivity (Wildman–Crippen MR) is 70.6 cm³/mol. The van der Waals surface area contributed by atoms with Crippen LogP contribution in [-0.4, -0.2) is 30.1 Å². The molecule has 0 saturated carbocycles. The molecular formula is C10H13IO4S. The summed E-state index contributed by atoms with van der Waals surface area (Å²) in [5, 5.41) is 9.86. The zero-order valence-electron chi connectivity index (χ0n) is 8.92. The summed E-state index contributed by atoms with van der Waals surface area (Å²) in [6.45, 7) is 0. The molecule has 0 amide bonds. The summed E-state index contributed by atoms with van der Waals surface area (Å²) in [6.07, 6.45) is 0.0816. The Labute approximate surface area is 109 Å². The molecule has 0 spiro atoms. The molecule has 1 aromatic rings. The lowest BCUT2D eigenvalue weighted by Crippen LogP contribution is -2.21. The van der Waals surface area contributed by atoms with Gasteiger partial charge in [-0.1, -0.05) is 34.7 Å². The number of hydrogen-bond acceptors (Lipinski definition) is 4. The maximum absolute atomic E-state index is 11.3. The Bertz CT molecular complexity index is 440. The molecule has 0 aliphatic carbocycles. The summed E-state index contributed by atoms with van der Waals surface area (Å²) in [6, 6.07) is 6.68. The van der Waals surface area contributed by atoms with Crippen LogP contribution in [0.1, 0.15) is 11.7 Å². The van der Waals surface area contributed by atoms with E-state index in [1.807, 2.05) is 0 Å². The number of methoxy groups -OCH3 is 1. The molecule has 4 nitrogen and oxygen atoms in total. The van der Waals surface area contributed by atoms with E-state index in [0.29, 0.717) is 11.3 Å². The molecule has 2 atom stereocenters. The summed E-state index contributed by atoms with van der Waals surface area (Å²) in [5.41, 5.74) is 0.561. The smallest absolute Gasteiger partial charge is 0.162 e. The molecule has 90 valence electrons. The Morgan fingerprint density at radius 1 is 1.31 bits per heavy atom. The highest BCUT2D eigenvalue weighted by Crippen LogP contribution is 2.27. The van der Waals surface area contributed by atoms with Crippen molar-refractivity contribution in [1.29, 1.82) is 0 Å². The molecule has 0 aliphatic rings. The second-order valence-electron chi connectivity index (χ2n) is 3.40. The average Bonchev–Trinajstić information content (AvgIpc) is 2.26. The van der Waals surface area contributed by atoms with Crippen molar-refractivity contribution in [3.8, 4) is 5.75 Å². The highest BCUT2D eigenvalue weighted by molar-refractivity contribution is 14.1. The molecule has 0 saturated heterocycles. The minimum atomic E-state index is -3.26. The number of sulfone groups is 1. The summed E-state index contributed by atoms with van der Waals surface area (Å²) in [4.78, 5) is 0. The zero-order valence-corrected chi connectivity index (χ0v) is 11.9. The van der Waals surface area contributed by atoms with E-state index in [4.69, 9.17) is 4.74 Å². The molecule has 2 unspecified atom stereocenters. The van der Waals surface area contributed by atoms with Gasteiger partial charge in [0.2, 0.25) is 0 Å². The van der Waals surface area contributed by atoms with Gasteiger partial charge in [0.05, 0.1) is 7.11 Å². The Kier molecular flexibility index (Phi) is 4.57. The van der Waals surface area contributed by atoms with Crippen molar-refractivity contribution in [2.75, 3.05) is 13.4 Å². The van der Waals surface area contributed by atoms with Crippen molar-refractivity contribution in [1.82, 2.24) is 0 Å². The lowest BCUT2D eigenvalue weighted by Gasteiger charge is -2.16. The highest BCUT2D eigenvalue weighted by atomic mass is 127. The molecule has 0 heterocycles. The number of halogens is 1. The topological polar surface area (TPSA) is 63.6 Å². The lowest BCUT2D eigenvalue weighted by atomic mass is 10.1. The standard InChI is InChI=1S/C10H13IO4S/c1-15-8-5-3-7(4-6-8)9(12)10(11)16(2,13)14/h3-6,9-10,12H,1-2H3. The highest BCUT2D eigenvalue weighted by Gasteiger charge is 2.27. The van der Waals surface area contributed by atoms with E-state index in [2.05, 4.69) is 0 Å². The van der Waals surface area contributed by atoms with Crippen LogP contribution in [0.3, 0.4) is 0 Å². The van der Waals surface area contributed by atoms with Gasteiger partial charge in [-0.2, -0.15) is 0 Å². The van der Waals surface area contributed by atoms with Crippen LogP contribution in [0.25, 0.3) is 0 Å². The number of benzene rings is 1. The first kappa shape index (κ1) is 13.7. The van der Waals surface area contributed by atoms with Gasteiger partial charge in [-0.25, -0.2) is 8.42 Å². The van der Waals surface area contributed by atoms with Gasteiger partial charge in [0, 0.05) is 6.26 Å². The number of ether oxygens (including phenoxy) is 1. The molecule has 1 rings (SSSR count). The first-order chi connectivity index (χ1) is 7.36. The first-order valence-electron chi connectivity index (χ1n) is 4.51. The van der Waals surface area contributed by atoms with E-state index in [1.54, 1.807) is 54.0 Å². The van der Waals surface area contributed by atoms with Gasteiger partial charge in [-0.3, -0.25) is 0 Å². The van der Waals surface area contributed by atoms with Crippen molar-refractivity contribution >= 4 is 32.4 Å². The van der Waals surface area contributed by atoms with E-state index >= 15 is 0 Å². The molecule has 6 heteroatoms. The fourth-order valence-corrected chi connectivity index (χ4v) is 2.23. The predicted octanol–water partition coefficient (Wildman–Crippen LogP) is 1.53. The second kappa shape index (κ2) is 5.33. The molecule has 0 aromatic heterocycles. The van der Waals surface area contributed by atoms with E-state index in [9.17, 15) is 13.5 Å². The Morgan fingerprint density at radius 2 is 1.81 bits per heavy atom. The Hall–Kier alpha value is -0.340. The number of aliphatic hydroxyl groups excluding tert-OH is 1. The van der Waals surface area contributed by atoms with E-state index in [-0.39, 0.29) is 0 Å². The van der Waals surface area contributed by atoms with Gasteiger partial charge in [0.15, 0.2) is 9.84 Å². The van der Waals surface area contributed by atoms with E-state index < -0.39 is 19.2 Å². The minimum Gasteiger partial charge on any atom is -0.497 e. The molecular weight excluding hydrogens is 343 g/mol. The minimum absolute atomic E-state index is 0.561. The molecule has 0 fully saturated rings. The fraction of sp³-hybridized carbons (Fsp3) is 0.400. The lowest BCUT2D eigenvalue weighted by molar-refractivity contribution is 0.197. The van der Waals surface area contributed by atoms with Crippen molar-refractivity contribution < 1.29 is 18.3 Å². The van der Waals surface area contributed by atoms with Gasteiger partial charge < -0.3 is 9.84 Å². The third-order valence-electron chi connectivity index (χ3n) is 2.11. The number of alkyl halides is 1. The Balaban J connectivity index is 2.92. The third-order valence-corrected chi connectivity index (χ3v) is 6.64. The number of aliphatic hydroxyl groups is 1. The molecule has 1 N–H and O–H groups in total. The monoisotopic (exact) mass is 356 g/mol. The second-order valence-corrected chi connectivity index (χ2v) is 7.75. The average molecular weight is 356 g/mol. The molecule has 16 heavy (non-hydrogen) atoms. The van der Waals surface area contributed by atoms with Crippen LogP contribution < -0.4 is 4.74 Å². The fourth-order valence-electron chi connectivity index (χ4n) is 1.19. The van der Waals surface area contributed by atoms with Crippen LogP contribution in [0.4, 0.5) is 0 Å². The number of rotatable bonds is 4. The normalized spacial score (nSPS) is 15.5. The van der Waals surface area contributed by atoms with Gasteiger partial charge in [-0.15, -0.1) is 0 Å². The number of hydrogen-bond donors (Lipinski definition) is 1. The molecule has 0 radical (unpaired) electrons. The molecule has 1 aromatic carbocycles. The quantitative estimate of drug-likeness (QED) is 0.657. The molecule has 0 bridgehead atoms. The summed E-state index contributed by atoms with van der Waals surface area (Å²) in [7, 11) is -1.72. The van der Waals surface area contributed by atoms with Gasteiger partial charge in [0.1, 0.15) is 15.1 Å². The van der Waals surface area contributed by atoms with Gasteiger partial charge >= 0.3 is 0 Å². The van der Waals surface area contributed by atoms with Crippen molar-refractivity contribution in [3.05, 3.63) is 29.8 Å².